The summed E-state index contributed by atoms with van der Waals surface area (Å²) in [7, 11) is -3.61. The quantitative estimate of drug-likeness (QED) is 0.625. The standard InChI is InChI=1S/C20H31N3O4S2/c1-2-14-28-16-20(24)21-18-15-17(29(25,26)23-10-12-27-13-11-23)6-7-19(18)22-8-4-3-5-9-22/h6-7,15H,2-5,8-14,16H2,1H3,(H,21,24). The average Bonchev–Trinajstić information content (AvgIpc) is 2.75. The number of hydrogen-bond acceptors (Lipinski definition) is 6. The zero-order valence-electron chi connectivity index (χ0n) is 17.1. The van der Waals surface area contributed by atoms with Crippen LogP contribution in [0.4, 0.5) is 11.4 Å². The highest BCUT2D eigenvalue weighted by molar-refractivity contribution is 7.99. The Balaban J connectivity index is 1.86. The van der Waals surface area contributed by atoms with E-state index in [2.05, 4.69) is 17.1 Å². The number of nitrogens with one attached hydrogen (secondary N) is 1. The summed E-state index contributed by atoms with van der Waals surface area (Å²) in [5, 5.41) is 2.97. The van der Waals surface area contributed by atoms with Crippen molar-refractivity contribution in [3.63, 3.8) is 0 Å². The Hall–Kier alpha value is -1.29. The van der Waals surface area contributed by atoms with Crippen molar-refractivity contribution >= 4 is 39.1 Å². The van der Waals surface area contributed by atoms with Crippen molar-refractivity contribution in [1.82, 2.24) is 4.31 Å². The first-order valence-corrected chi connectivity index (χ1v) is 13.0. The maximum absolute atomic E-state index is 13.1. The fourth-order valence-electron chi connectivity index (χ4n) is 3.62. The number of amides is 1. The number of piperidine rings is 1. The molecule has 3 rings (SSSR count). The van der Waals surface area contributed by atoms with E-state index in [0.29, 0.717) is 37.7 Å². The van der Waals surface area contributed by atoms with Gasteiger partial charge in [0.1, 0.15) is 0 Å². The molecule has 9 heteroatoms. The van der Waals surface area contributed by atoms with Crippen molar-refractivity contribution in [2.45, 2.75) is 37.5 Å². The summed E-state index contributed by atoms with van der Waals surface area (Å²) in [6.45, 7) is 5.44. The van der Waals surface area contributed by atoms with E-state index in [1.807, 2.05) is 6.07 Å². The molecule has 2 aliphatic rings. The molecular formula is C20H31N3O4S2. The van der Waals surface area contributed by atoms with Crippen molar-refractivity contribution in [1.29, 1.82) is 0 Å². The van der Waals surface area contributed by atoms with Gasteiger partial charge in [-0.15, -0.1) is 0 Å². The van der Waals surface area contributed by atoms with Crippen LogP contribution in [0.15, 0.2) is 23.1 Å². The zero-order chi connectivity index (χ0) is 20.7. The highest BCUT2D eigenvalue weighted by Gasteiger charge is 2.28. The molecule has 7 nitrogen and oxygen atoms in total. The third-order valence-electron chi connectivity index (χ3n) is 5.13. The van der Waals surface area contributed by atoms with Gasteiger partial charge in [0.05, 0.1) is 35.2 Å². The van der Waals surface area contributed by atoms with Crippen LogP contribution in [-0.4, -0.2) is 69.5 Å². The van der Waals surface area contributed by atoms with Crippen LogP contribution in [0.25, 0.3) is 0 Å². The Labute approximate surface area is 178 Å². The lowest BCUT2D eigenvalue weighted by molar-refractivity contribution is -0.113. The Morgan fingerprint density at radius 1 is 1.14 bits per heavy atom. The van der Waals surface area contributed by atoms with Gasteiger partial charge < -0.3 is 15.0 Å². The van der Waals surface area contributed by atoms with Crippen LogP contribution in [0, 0.1) is 0 Å². The van der Waals surface area contributed by atoms with E-state index in [-0.39, 0.29) is 10.8 Å². The summed E-state index contributed by atoms with van der Waals surface area (Å²) in [5.41, 5.74) is 1.49. The minimum Gasteiger partial charge on any atom is -0.379 e. The van der Waals surface area contributed by atoms with Crippen LogP contribution in [-0.2, 0) is 19.6 Å². The molecule has 0 radical (unpaired) electrons. The second-order valence-corrected chi connectivity index (χ2v) is 10.4. The Kier molecular flexibility index (Phi) is 8.23. The molecule has 2 heterocycles. The molecule has 1 aromatic carbocycles. The van der Waals surface area contributed by atoms with Gasteiger partial charge in [-0.05, 0) is 49.6 Å². The van der Waals surface area contributed by atoms with Crippen molar-refractivity contribution < 1.29 is 17.9 Å². The molecule has 2 fully saturated rings. The summed E-state index contributed by atoms with van der Waals surface area (Å²) in [4.78, 5) is 14.9. The topological polar surface area (TPSA) is 79.0 Å². The van der Waals surface area contributed by atoms with Crippen molar-refractivity contribution in [2.75, 3.05) is 61.1 Å². The maximum atomic E-state index is 13.1. The first-order chi connectivity index (χ1) is 14.0. The Morgan fingerprint density at radius 2 is 1.86 bits per heavy atom. The number of anilines is 2. The van der Waals surface area contributed by atoms with E-state index < -0.39 is 10.0 Å². The van der Waals surface area contributed by atoms with Gasteiger partial charge in [0.2, 0.25) is 15.9 Å². The van der Waals surface area contributed by atoms with E-state index in [1.165, 1.54) is 10.7 Å². The number of rotatable bonds is 8. The van der Waals surface area contributed by atoms with E-state index in [9.17, 15) is 13.2 Å². The fraction of sp³-hybridized carbons (Fsp3) is 0.650. The number of benzene rings is 1. The number of carbonyl (C=O) groups is 1. The molecule has 0 saturated carbocycles. The molecule has 0 atom stereocenters. The van der Waals surface area contributed by atoms with Gasteiger partial charge in [0, 0.05) is 26.2 Å². The van der Waals surface area contributed by atoms with Crippen LogP contribution in [0.2, 0.25) is 0 Å². The normalized spacial score (nSPS) is 18.6. The van der Waals surface area contributed by atoms with Crippen molar-refractivity contribution in [2.24, 2.45) is 0 Å². The maximum Gasteiger partial charge on any atom is 0.243 e. The van der Waals surface area contributed by atoms with E-state index in [0.717, 1.165) is 43.8 Å². The lowest BCUT2D eigenvalue weighted by Crippen LogP contribution is -2.40. The number of thioether (sulfide) groups is 1. The van der Waals surface area contributed by atoms with Crippen molar-refractivity contribution in [3.05, 3.63) is 18.2 Å². The minimum atomic E-state index is -3.61. The van der Waals surface area contributed by atoms with E-state index in [4.69, 9.17) is 4.74 Å². The van der Waals surface area contributed by atoms with Gasteiger partial charge in [-0.2, -0.15) is 16.1 Å². The fourth-order valence-corrected chi connectivity index (χ4v) is 5.74. The molecule has 162 valence electrons. The van der Waals surface area contributed by atoms with E-state index >= 15 is 0 Å². The highest BCUT2D eigenvalue weighted by Crippen LogP contribution is 2.32. The van der Waals surface area contributed by atoms with Gasteiger partial charge in [-0.3, -0.25) is 4.79 Å². The molecule has 0 bridgehead atoms. The molecular weight excluding hydrogens is 410 g/mol. The summed E-state index contributed by atoms with van der Waals surface area (Å²) in [5.74, 6) is 1.20. The Bertz CT molecular complexity index is 789. The molecule has 0 spiro atoms. The molecule has 0 unspecified atom stereocenters. The van der Waals surface area contributed by atoms with Gasteiger partial charge in [-0.25, -0.2) is 8.42 Å². The second kappa shape index (κ2) is 10.7. The van der Waals surface area contributed by atoms with Crippen LogP contribution in [0.1, 0.15) is 32.6 Å². The van der Waals surface area contributed by atoms with Crippen LogP contribution < -0.4 is 10.2 Å². The molecule has 2 aliphatic heterocycles. The van der Waals surface area contributed by atoms with Crippen LogP contribution >= 0.6 is 11.8 Å². The zero-order valence-corrected chi connectivity index (χ0v) is 18.7. The van der Waals surface area contributed by atoms with Crippen molar-refractivity contribution in [3.8, 4) is 0 Å². The summed E-state index contributed by atoms with van der Waals surface area (Å²) < 4.78 is 32.9. The number of hydrogen-bond donors (Lipinski definition) is 1. The average molecular weight is 442 g/mol. The first kappa shape index (κ1) is 22.4. The third-order valence-corrected chi connectivity index (χ3v) is 8.19. The summed E-state index contributed by atoms with van der Waals surface area (Å²) >= 11 is 1.59. The van der Waals surface area contributed by atoms with Gasteiger partial charge in [-0.1, -0.05) is 6.92 Å². The number of morpholine rings is 1. The predicted octanol–water partition coefficient (Wildman–Crippen LogP) is 2.78. The molecule has 2 saturated heterocycles. The molecule has 1 aromatic rings. The Morgan fingerprint density at radius 3 is 2.55 bits per heavy atom. The van der Waals surface area contributed by atoms with Gasteiger partial charge >= 0.3 is 0 Å². The highest BCUT2D eigenvalue weighted by atomic mass is 32.2. The number of nitrogens with zero attached hydrogens (tertiary/aromatic N) is 2. The number of carbonyl (C=O) groups excluding carboxylic acids is 1. The van der Waals surface area contributed by atoms with Gasteiger partial charge in [0.25, 0.3) is 0 Å². The summed E-state index contributed by atoms with van der Waals surface area (Å²) in [6, 6.07) is 5.13. The monoisotopic (exact) mass is 441 g/mol. The van der Waals surface area contributed by atoms with Gasteiger partial charge in [0.15, 0.2) is 0 Å². The number of ether oxygens (including phenoxy) is 1. The first-order valence-electron chi connectivity index (χ1n) is 10.4. The summed E-state index contributed by atoms with van der Waals surface area (Å²) in [6.07, 6.45) is 4.43. The second-order valence-electron chi connectivity index (χ2n) is 7.34. The van der Waals surface area contributed by atoms with E-state index in [1.54, 1.807) is 23.9 Å². The molecule has 29 heavy (non-hydrogen) atoms. The smallest absolute Gasteiger partial charge is 0.243 e. The third kappa shape index (κ3) is 5.87. The lowest BCUT2D eigenvalue weighted by Gasteiger charge is -2.31. The number of sulfonamides is 1. The lowest BCUT2D eigenvalue weighted by atomic mass is 10.1. The largest absolute Gasteiger partial charge is 0.379 e. The molecule has 0 aromatic heterocycles. The molecule has 1 amide bonds. The predicted molar refractivity (Wildman–Crippen MR) is 118 cm³/mol. The molecule has 1 N–H and O–H groups in total. The molecule has 0 aliphatic carbocycles. The minimum absolute atomic E-state index is 0.0948. The SMILES string of the molecule is CCCSCC(=O)Nc1cc(S(=O)(=O)N2CCOCC2)ccc1N1CCCCC1. The van der Waals surface area contributed by atoms with Crippen LogP contribution in [0.3, 0.4) is 0 Å². The van der Waals surface area contributed by atoms with Crippen LogP contribution in [0.5, 0.6) is 0 Å².